The summed E-state index contributed by atoms with van der Waals surface area (Å²) in [6.45, 7) is 4.16. The highest BCUT2D eigenvalue weighted by atomic mass is 127. The van der Waals surface area contributed by atoms with Crippen molar-refractivity contribution >= 4 is 41.8 Å². The van der Waals surface area contributed by atoms with Gasteiger partial charge in [0.25, 0.3) is 0 Å². The number of nitrogens with zero attached hydrogens (tertiary/aromatic N) is 2. The van der Waals surface area contributed by atoms with Crippen molar-refractivity contribution < 1.29 is 19.1 Å². The molecule has 180 valence electrons. The van der Waals surface area contributed by atoms with Crippen LogP contribution in [0, 0.1) is 23.7 Å². The van der Waals surface area contributed by atoms with E-state index < -0.39 is 0 Å². The van der Waals surface area contributed by atoms with E-state index in [1.165, 1.54) is 4.90 Å². The minimum absolute atomic E-state index is 0. The number of hydrogen-bond donors (Lipinski definition) is 2. The molecule has 3 aliphatic rings. The Kier molecular flexibility index (Phi) is 8.61. The predicted molar refractivity (Wildman–Crippen MR) is 137 cm³/mol. The van der Waals surface area contributed by atoms with Gasteiger partial charge in [-0.25, -0.2) is 0 Å². The molecule has 4 atom stereocenters. The zero-order valence-corrected chi connectivity index (χ0v) is 21.7. The fourth-order valence-electron chi connectivity index (χ4n) is 5.15. The van der Waals surface area contributed by atoms with Crippen LogP contribution in [-0.2, 0) is 16.0 Å². The maximum Gasteiger partial charge on any atom is 0.233 e. The Morgan fingerprint density at radius 2 is 1.73 bits per heavy atom. The summed E-state index contributed by atoms with van der Waals surface area (Å²) >= 11 is 0. The van der Waals surface area contributed by atoms with Crippen molar-refractivity contribution in [1.29, 1.82) is 0 Å². The largest absolute Gasteiger partial charge is 0.493 e. The van der Waals surface area contributed by atoms with Crippen molar-refractivity contribution in [3.8, 4) is 11.5 Å². The molecule has 1 heterocycles. The molecule has 8 nitrogen and oxygen atoms in total. The summed E-state index contributed by atoms with van der Waals surface area (Å²) in [7, 11) is 3.24. The lowest BCUT2D eigenvalue weighted by atomic mass is 9.85. The van der Waals surface area contributed by atoms with Gasteiger partial charge in [0, 0.05) is 26.2 Å². The molecule has 2 fully saturated rings. The van der Waals surface area contributed by atoms with Crippen molar-refractivity contribution in [2.45, 2.75) is 19.8 Å². The predicted octanol–water partition coefficient (Wildman–Crippen LogP) is 2.23. The van der Waals surface area contributed by atoms with Gasteiger partial charge in [0.15, 0.2) is 17.5 Å². The van der Waals surface area contributed by atoms with Gasteiger partial charge >= 0.3 is 0 Å². The van der Waals surface area contributed by atoms with Crippen molar-refractivity contribution in [3.05, 3.63) is 35.9 Å². The number of amides is 2. The molecule has 1 aromatic rings. The Morgan fingerprint density at radius 3 is 2.33 bits per heavy atom. The molecule has 0 aromatic heterocycles. The Balaban J connectivity index is 0.00000306. The van der Waals surface area contributed by atoms with Gasteiger partial charge in [-0.2, -0.15) is 0 Å². The van der Waals surface area contributed by atoms with Gasteiger partial charge in [-0.15, -0.1) is 24.0 Å². The first-order chi connectivity index (χ1) is 15.6. The van der Waals surface area contributed by atoms with E-state index in [-0.39, 0.29) is 59.5 Å². The molecule has 33 heavy (non-hydrogen) atoms. The Hall–Kier alpha value is -2.30. The smallest absolute Gasteiger partial charge is 0.233 e. The lowest BCUT2D eigenvalue weighted by Gasteiger charge is -2.18. The second kappa shape index (κ2) is 11.2. The number of ether oxygens (including phenoxy) is 2. The second-order valence-corrected chi connectivity index (χ2v) is 8.45. The molecule has 9 heteroatoms. The molecule has 0 spiro atoms. The minimum Gasteiger partial charge on any atom is -0.493 e. The number of aliphatic imine (C=N–C) groups is 1. The topological polar surface area (TPSA) is 92.3 Å². The zero-order valence-electron chi connectivity index (χ0n) is 19.4. The number of guanidine groups is 1. The number of methoxy groups -OCH3 is 2. The van der Waals surface area contributed by atoms with Crippen LogP contribution in [-0.4, -0.2) is 63.1 Å². The monoisotopic (exact) mass is 568 g/mol. The van der Waals surface area contributed by atoms with Gasteiger partial charge in [0.2, 0.25) is 11.8 Å². The summed E-state index contributed by atoms with van der Waals surface area (Å²) in [6, 6.07) is 5.85. The van der Waals surface area contributed by atoms with Gasteiger partial charge in [-0.1, -0.05) is 18.2 Å². The van der Waals surface area contributed by atoms with Crippen LogP contribution in [0.25, 0.3) is 0 Å². The summed E-state index contributed by atoms with van der Waals surface area (Å²) in [5.74, 6) is 2.28. The molecule has 4 rings (SSSR count). The first-order valence-corrected chi connectivity index (χ1v) is 11.3. The maximum atomic E-state index is 12.8. The molecule has 2 N–H and O–H groups in total. The van der Waals surface area contributed by atoms with Crippen LogP contribution < -0.4 is 20.1 Å². The minimum atomic E-state index is -0.138. The third-order valence-electron chi connectivity index (χ3n) is 6.65. The molecule has 1 aromatic carbocycles. The highest BCUT2D eigenvalue weighted by Gasteiger charge is 2.58. The highest BCUT2D eigenvalue weighted by Crippen LogP contribution is 2.52. The van der Waals surface area contributed by atoms with Gasteiger partial charge in [0.1, 0.15) is 0 Å². The van der Waals surface area contributed by atoms with E-state index >= 15 is 0 Å². The number of rotatable bonds is 9. The average Bonchev–Trinajstić information content (AvgIpc) is 3.48. The van der Waals surface area contributed by atoms with E-state index in [0.29, 0.717) is 37.1 Å². The number of allylic oxidation sites excluding steroid dienone is 2. The maximum absolute atomic E-state index is 12.8. The van der Waals surface area contributed by atoms with Crippen molar-refractivity contribution in [1.82, 2.24) is 15.5 Å². The number of carbonyl (C=O) groups is 2. The van der Waals surface area contributed by atoms with Crippen LogP contribution in [0.3, 0.4) is 0 Å². The number of hydrogen-bond acceptors (Lipinski definition) is 5. The summed E-state index contributed by atoms with van der Waals surface area (Å²) in [6.07, 6.45) is 5.94. The first kappa shape index (κ1) is 25.3. The summed E-state index contributed by atoms with van der Waals surface area (Å²) in [5.41, 5.74) is 1.10. The molecule has 0 radical (unpaired) electrons. The third-order valence-corrected chi connectivity index (χ3v) is 6.65. The summed E-state index contributed by atoms with van der Waals surface area (Å²) in [5, 5.41) is 6.47. The molecule has 1 aliphatic heterocycles. The molecule has 2 aliphatic carbocycles. The highest BCUT2D eigenvalue weighted by molar-refractivity contribution is 14.0. The fourth-order valence-corrected chi connectivity index (χ4v) is 5.15. The number of benzene rings is 1. The fraction of sp³-hybridized carbons (Fsp3) is 0.542. The van der Waals surface area contributed by atoms with Crippen LogP contribution in [0.2, 0.25) is 0 Å². The van der Waals surface area contributed by atoms with Crippen molar-refractivity contribution in [3.63, 3.8) is 0 Å². The van der Waals surface area contributed by atoms with Crippen molar-refractivity contribution in [2.24, 2.45) is 28.7 Å². The molecule has 4 unspecified atom stereocenters. The Labute approximate surface area is 212 Å². The lowest BCUT2D eigenvalue weighted by molar-refractivity contribution is -0.140. The van der Waals surface area contributed by atoms with E-state index in [1.807, 2.05) is 25.1 Å². The third kappa shape index (κ3) is 5.12. The molecule has 1 saturated carbocycles. The first-order valence-electron chi connectivity index (χ1n) is 11.3. The summed E-state index contributed by atoms with van der Waals surface area (Å²) in [4.78, 5) is 31.7. The number of carbonyl (C=O) groups excluding carboxylic acids is 2. The number of halogens is 1. The van der Waals surface area contributed by atoms with Crippen LogP contribution in [0.5, 0.6) is 11.5 Å². The van der Waals surface area contributed by atoms with Gasteiger partial charge in [0.05, 0.1) is 26.1 Å². The molecular weight excluding hydrogens is 535 g/mol. The van der Waals surface area contributed by atoms with Crippen LogP contribution in [0.4, 0.5) is 0 Å². The number of fused-ring (bicyclic) bond motifs is 5. The number of likely N-dealkylation sites (tertiary alicyclic amines) is 1. The van der Waals surface area contributed by atoms with E-state index in [2.05, 4.69) is 27.8 Å². The number of nitrogens with one attached hydrogen (secondary N) is 2. The van der Waals surface area contributed by atoms with Crippen LogP contribution in [0.1, 0.15) is 18.9 Å². The van der Waals surface area contributed by atoms with E-state index in [0.717, 1.165) is 24.9 Å². The van der Waals surface area contributed by atoms with Crippen LogP contribution >= 0.6 is 24.0 Å². The van der Waals surface area contributed by atoms with Crippen LogP contribution in [0.15, 0.2) is 35.3 Å². The standard InChI is InChI=1S/C24H32N4O4.HI/c1-4-25-24(26-10-9-15-5-8-18(31-2)19(13-15)32-3)27-11-12-28-22(29)20-16-6-7-17(14-16)21(20)23(28)30;/h5-8,13,16-17,20-21H,4,9-12,14H2,1-3H3,(H2,25,26,27);1H. The SMILES string of the molecule is CCNC(=NCCc1ccc(OC)c(OC)c1)NCCN1C(=O)C2C3C=CC(C3)C2C1=O.I. The molecule has 2 amide bonds. The summed E-state index contributed by atoms with van der Waals surface area (Å²) < 4.78 is 10.6. The van der Waals surface area contributed by atoms with E-state index in [9.17, 15) is 9.59 Å². The van der Waals surface area contributed by atoms with Gasteiger partial charge in [-0.05, 0) is 49.3 Å². The molecule has 2 bridgehead atoms. The molecular formula is C24H33IN4O4. The van der Waals surface area contributed by atoms with Gasteiger partial charge in [-0.3, -0.25) is 19.5 Å². The lowest BCUT2D eigenvalue weighted by Crippen LogP contribution is -2.43. The number of imide groups is 1. The van der Waals surface area contributed by atoms with E-state index in [1.54, 1.807) is 14.2 Å². The van der Waals surface area contributed by atoms with Crippen molar-refractivity contribution in [2.75, 3.05) is 40.4 Å². The Bertz CT molecular complexity index is 905. The zero-order chi connectivity index (χ0) is 22.7. The average molecular weight is 568 g/mol. The van der Waals surface area contributed by atoms with E-state index in [4.69, 9.17) is 9.47 Å². The quantitative estimate of drug-likeness (QED) is 0.156. The molecule has 1 saturated heterocycles. The van der Waals surface area contributed by atoms with Gasteiger partial charge < -0.3 is 20.1 Å². The second-order valence-electron chi connectivity index (χ2n) is 8.45. The Morgan fingerprint density at radius 1 is 1.06 bits per heavy atom. The normalized spacial score (nSPS) is 25.2.